The Morgan fingerprint density at radius 2 is 1.97 bits per heavy atom. The van der Waals surface area contributed by atoms with Gasteiger partial charge in [-0.3, -0.25) is 14.3 Å². The molecule has 0 unspecified atom stereocenters. The number of amides is 2. The van der Waals surface area contributed by atoms with Gasteiger partial charge in [0.05, 0.1) is 11.4 Å². The van der Waals surface area contributed by atoms with E-state index in [1.807, 2.05) is 31.2 Å². The highest BCUT2D eigenvalue weighted by molar-refractivity contribution is 7.21. The average molecular weight is 552 g/mol. The Labute approximate surface area is 225 Å². The molecule has 5 aromatic rings. The third-order valence-electron chi connectivity index (χ3n) is 5.93. The van der Waals surface area contributed by atoms with Crippen molar-refractivity contribution >= 4 is 39.1 Å². The number of nitrogens with one attached hydrogen (secondary N) is 1. The van der Waals surface area contributed by atoms with Crippen LogP contribution in [-0.4, -0.2) is 26.6 Å². The van der Waals surface area contributed by atoms with Crippen molar-refractivity contribution in [1.29, 1.82) is 0 Å². The first-order valence-corrected chi connectivity index (χ1v) is 12.6. The Hall–Kier alpha value is -4.58. The normalized spacial score (nSPS) is 11.3. The first kappa shape index (κ1) is 26.0. The Kier molecular flexibility index (Phi) is 6.87. The van der Waals surface area contributed by atoms with Gasteiger partial charge in [0.25, 0.3) is 18.2 Å². The quantitative estimate of drug-likeness (QED) is 0.252. The number of pyridine rings is 1. The number of hydrogen-bond donors (Lipinski definition) is 2. The fourth-order valence-corrected chi connectivity index (χ4v) is 5.22. The molecule has 0 aliphatic rings. The predicted octanol–water partition coefficient (Wildman–Crippen LogP) is 5.77. The molecule has 0 saturated carbocycles. The number of nitrogens with two attached hydrogens (primary N) is 1. The second-order valence-corrected chi connectivity index (χ2v) is 9.87. The molecule has 0 saturated heterocycles. The number of nitrogens with zero attached hydrogens (tertiary/aromatic N) is 3. The molecule has 1 aromatic carbocycles. The lowest BCUT2D eigenvalue weighted by Gasteiger charge is -2.10. The van der Waals surface area contributed by atoms with Gasteiger partial charge in [-0.15, -0.1) is 11.3 Å². The molecule has 5 rings (SSSR count). The van der Waals surface area contributed by atoms with Gasteiger partial charge < -0.3 is 20.2 Å². The fourth-order valence-electron chi connectivity index (χ4n) is 4.21. The Morgan fingerprint density at radius 1 is 1.18 bits per heavy atom. The number of alkyl halides is 2. The van der Waals surface area contributed by atoms with Crippen LogP contribution in [0.5, 0.6) is 5.75 Å². The van der Waals surface area contributed by atoms with Crippen molar-refractivity contribution in [2.75, 3.05) is 5.32 Å². The second kappa shape index (κ2) is 10.3. The number of hydrogen-bond acceptors (Lipinski definition) is 7. The number of primary amides is 1. The summed E-state index contributed by atoms with van der Waals surface area (Å²) < 4.78 is 40.4. The number of aryl methyl sites for hydroxylation is 3. The molecule has 12 heteroatoms. The molecule has 2 amide bonds. The number of carbonyl (C=O) groups excluding carboxylic acids is 2. The monoisotopic (exact) mass is 551 g/mol. The van der Waals surface area contributed by atoms with E-state index in [1.54, 1.807) is 30.9 Å². The summed E-state index contributed by atoms with van der Waals surface area (Å²) in [4.78, 5) is 29.7. The Balaban J connectivity index is 1.51. The van der Waals surface area contributed by atoms with Gasteiger partial charge in [-0.25, -0.2) is 13.8 Å². The fraction of sp³-hybridized carbons (Fsp3) is 0.185. The molecular weight excluding hydrogens is 528 g/mol. The SMILES string of the molecule is Cc1cccc(OCc2ccc(C(=O)Nc3c(C(N)=O)sc4nc(C(F)F)cc(-c5cn(C)nc5C)c34)o2)c1. The molecule has 4 aromatic heterocycles. The summed E-state index contributed by atoms with van der Waals surface area (Å²) in [7, 11) is 1.70. The lowest BCUT2D eigenvalue weighted by Crippen LogP contribution is -2.16. The van der Waals surface area contributed by atoms with E-state index in [9.17, 15) is 18.4 Å². The van der Waals surface area contributed by atoms with Gasteiger partial charge in [0.15, 0.2) is 5.76 Å². The van der Waals surface area contributed by atoms with Crippen LogP contribution in [0.25, 0.3) is 21.3 Å². The van der Waals surface area contributed by atoms with Crippen LogP contribution in [0.2, 0.25) is 0 Å². The number of halogens is 2. The summed E-state index contributed by atoms with van der Waals surface area (Å²) in [6, 6.07) is 11.8. The zero-order valence-corrected chi connectivity index (χ0v) is 21.9. The predicted molar refractivity (Wildman–Crippen MR) is 142 cm³/mol. The maximum atomic E-state index is 13.7. The number of furan rings is 1. The van der Waals surface area contributed by atoms with E-state index in [4.69, 9.17) is 14.9 Å². The van der Waals surface area contributed by atoms with Crippen molar-refractivity contribution < 1.29 is 27.5 Å². The van der Waals surface area contributed by atoms with E-state index < -0.39 is 23.9 Å². The lowest BCUT2D eigenvalue weighted by atomic mass is 10.0. The number of aromatic nitrogens is 3. The van der Waals surface area contributed by atoms with Gasteiger partial charge in [-0.1, -0.05) is 12.1 Å². The van der Waals surface area contributed by atoms with Crippen molar-refractivity contribution in [2.24, 2.45) is 12.8 Å². The molecule has 0 spiro atoms. The molecule has 0 atom stereocenters. The number of rotatable bonds is 8. The Bertz CT molecular complexity index is 1720. The third-order valence-corrected chi connectivity index (χ3v) is 7.03. The zero-order chi connectivity index (χ0) is 27.8. The molecule has 0 bridgehead atoms. The van der Waals surface area contributed by atoms with Crippen LogP contribution >= 0.6 is 11.3 Å². The van der Waals surface area contributed by atoms with Crippen LogP contribution in [0, 0.1) is 13.8 Å². The van der Waals surface area contributed by atoms with Crippen LogP contribution < -0.4 is 15.8 Å². The summed E-state index contributed by atoms with van der Waals surface area (Å²) in [6.07, 6.45) is -1.19. The minimum absolute atomic E-state index is 0.0328. The number of fused-ring (bicyclic) bond motifs is 1. The van der Waals surface area contributed by atoms with Gasteiger partial charge in [0.1, 0.15) is 33.5 Å². The second-order valence-electron chi connectivity index (χ2n) is 8.87. The molecular formula is C27H23F2N5O4S. The minimum Gasteiger partial charge on any atom is -0.486 e. The molecule has 200 valence electrons. The highest BCUT2D eigenvalue weighted by Gasteiger charge is 2.27. The van der Waals surface area contributed by atoms with E-state index in [0.717, 1.165) is 16.9 Å². The number of thiophene rings is 1. The standard InChI is InChI=1S/C27H23F2N5O4S/c1-13-5-4-6-15(9-13)37-12-16-7-8-20(38-16)26(36)32-22-21-17(18-11-34(3)33-14(18)2)10-19(24(28)29)31-27(21)39-23(22)25(30)35/h4-11,24H,12H2,1-3H3,(H2,30,35)(H,32,36). The number of carbonyl (C=O) groups is 2. The van der Waals surface area contributed by atoms with Crippen LogP contribution in [0.3, 0.4) is 0 Å². The first-order chi connectivity index (χ1) is 18.6. The number of anilines is 1. The van der Waals surface area contributed by atoms with Crippen molar-refractivity contribution in [3.05, 3.63) is 82.0 Å². The lowest BCUT2D eigenvalue weighted by molar-refractivity contribution is 0.0992. The average Bonchev–Trinajstić information content (AvgIpc) is 3.59. The molecule has 3 N–H and O–H groups in total. The molecule has 39 heavy (non-hydrogen) atoms. The van der Waals surface area contributed by atoms with Gasteiger partial charge in [0.2, 0.25) is 0 Å². The minimum atomic E-state index is -2.86. The summed E-state index contributed by atoms with van der Waals surface area (Å²) in [6.45, 7) is 3.77. The van der Waals surface area contributed by atoms with Gasteiger partial charge in [-0.05, 0) is 55.3 Å². The van der Waals surface area contributed by atoms with Crippen molar-refractivity contribution in [2.45, 2.75) is 26.9 Å². The highest BCUT2D eigenvalue weighted by Crippen LogP contribution is 2.43. The number of benzene rings is 1. The van der Waals surface area contributed by atoms with Crippen LogP contribution in [0.1, 0.15) is 49.4 Å². The van der Waals surface area contributed by atoms with E-state index in [2.05, 4.69) is 15.4 Å². The van der Waals surface area contributed by atoms with E-state index in [1.165, 1.54) is 12.1 Å². The largest absolute Gasteiger partial charge is 0.486 e. The van der Waals surface area contributed by atoms with Gasteiger partial charge >= 0.3 is 0 Å². The maximum absolute atomic E-state index is 13.7. The van der Waals surface area contributed by atoms with Gasteiger partial charge in [0, 0.05) is 24.2 Å². The van der Waals surface area contributed by atoms with Gasteiger partial charge in [-0.2, -0.15) is 5.10 Å². The molecule has 0 radical (unpaired) electrons. The summed E-state index contributed by atoms with van der Waals surface area (Å²) >= 11 is 0.823. The molecule has 0 fully saturated rings. The van der Waals surface area contributed by atoms with Crippen LogP contribution in [-0.2, 0) is 13.7 Å². The van der Waals surface area contributed by atoms with E-state index >= 15 is 0 Å². The first-order valence-electron chi connectivity index (χ1n) is 11.8. The molecule has 4 heterocycles. The third kappa shape index (κ3) is 5.23. The van der Waals surface area contributed by atoms with E-state index in [-0.39, 0.29) is 27.8 Å². The summed E-state index contributed by atoms with van der Waals surface area (Å²) in [5.41, 5.74) is 7.69. The topological polar surface area (TPSA) is 125 Å². The van der Waals surface area contributed by atoms with Crippen molar-refractivity contribution in [1.82, 2.24) is 14.8 Å². The number of ether oxygens (including phenoxy) is 1. The maximum Gasteiger partial charge on any atom is 0.291 e. The molecule has 9 nitrogen and oxygen atoms in total. The summed E-state index contributed by atoms with van der Waals surface area (Å²) in [5.74, 6) is -0.480. The summed E-state index contributed by atoms with van der Waals surface area (Å²) in [5, 5.41) is 7.30. The van der Waals surface area contributed by atoms with E-state index in [0.29, 0.717) is 33.7 Å². The van der Waals surface area contributed by atoms with Crippen molar-refractivity contribution in [3.8, 4) is 16.9 Å². The Morgan fingerprint density at radius 3 is 2.64 bits per heavy atom. The smallest absolute Gasteiger partial charge is 0.291 e. The molecule has 0 aliphatic heterocycles. The van der Waals surface area contributed by atoms with Crippen LogP contribution in [0.4, 0.5) is 14.5 Å². The zero-order valence-electron chi connectivity index (χ0n) is 21.1. The van der Waals surface area contributed by atoms with Crippen LogP contribution in [0.15, 0.2) is 53.1 Å². The molecule has 0 aliphatic carbocycles. The van der Waals surface area contributed by atoms with Crippen molar-refractivity contribution in [3.63, 3.8) is 0 Å². The highest BCUT2D eigenvalue weighted by atomic mass is 32.1.